The van der Waals surface area contributed by atoms with Crippen molar-refractivity contribution in [1.29, 1.82) is 0 Å². The molecule has 1 aliphatic heterocycles. The molecule has 0 spiro atoms. The molecule has 1 saturated heterocycles. The number of benzene rings is 1. The van der Waals surface area contributed by atoms with Crippen LogP contribution in [0.3, 0.4) is 0 Å². The van der Waals surface area contributed by atoms with E-state index in [0.29, 0.717) is 5.56 Å². The van der Waals surface area contributed by atoms with E-state index in [4.69, 9.17) is 0 Å². The Morgan fingerprint density at radius 3 is 2.81 bits per heavy atom. The molecule has 0 aliphatic carbocycles. The minimum Gasteiger partial charge on any atom is -0.316 e. The van der Waals surface area contributed by atoms with Gasteiger partial charge >= 0.3 is 6.18 Å². The van der Waals surface area contributed by atoms with Crippen LogP contribution in [-0.4, -0.2) is 23.3 Å². The number of H-pyrrole nitrogens is 1. The smallest absolute Gasteiger partial charge is 0.316 e. The number of nitrogens with one attached hydrogen (secondary N) is 2. The summed E-state index contributed by atoms with van der Waals surface area (Å²) in [7, 11) is 0. The van der Waals surface area contributed by atoms with E-state index >= 15 is 0 Å². The van der Waals surface area contributed by atoms with Gasteiger partial charge in [-0.1, -0.05) is 12.1 Å². The van der Waals surface area contributed by atoms with E-state index in [-0.39, 0.29) is 5.92 Å². The van der Waals surface area contributed by atoms with E-state index in [9.17, 15) is 13.2 Å². The number of alkyl halides is 3. The predicted molar refractivity (Wildman–Crippen MR) is 73.9 cm³/mol. The summed E-state index contributed by atoms with van der Waals surface area (Å²) in [6.07, 6.45) is -0.640. The van der Waals surface area contributed by atoms with Crippen molar-refractivity contribution in [3.8, 4) is 11.1 Å². The highest BCUT2D eigenvalue weighted by Crippen LogP contribution is 2.35. The van der Waals surface area contributed by atoms with Crippen molar-refractivity contribution in [3.05, 3.63) is 41.7 Å². The highest BCUT2D eigenvalue weighted by molar-refractivity contribution is 5.66. The molecule has 1 aliphatic rings. The highest BCUT2D eigenvalue weighted by Gasteiger charge is 2.31. The van der Waals surface area contributed by atoms with Gasteiger partial charge in [0, 0.05) is 23.7 Å². The molecular formula is C15H16F3N3. The van der Waals surface area contributed by atoms with E-state index in [1.807, 2.05) is 0 Å². The molecule has 0 amide bonds. The summed E-state index contributed by atoms with van der Waals surface area (Å²) in [6.45, 7) is 1.82. The molecule has 0 radical (unpaired) electrons. The van der Waals surface area contributed by atoms with Crippen LogP contribution in [0.1, 0.15) is 30.0 Å². The summed E-state index contributed by atoms with van der Waals surface area (Å²) in [4.78, 5) is 0. The molecule has 0 unspecified atom stereocenters. The molecule has 0 bridgehead atoms. The highest BCUT2D eigenvalue weighted by atomic mass is 19.4. The molecule has 2 aromatic rings. The first-order chi connectivity index (χ1) is 10.1. The number of aromatic nitrogens is 2. The maximum Gasteiger partial charge on any atom is 0.416 e. The van der Waals surface area contributed by atoms with Crippen LogP contribution in [0.5, 0.6) is 0 Å². The van der Waals surface area contributed by atoms with Crippen molar-refractivity contribution in [2.75, 3.05) is 13.1 Å². The molecule has 21 heavy (non-hydrogen) atoms. The lowest BCUT2D eigenvalue weighted by molar-refractivity contribution is -0.137. The lowest BCUT2D eigenvalue weighted by atomic mass is 9.91. The molecular weight excluding hydrogens is 279 g/mol. The van der Waals surface area contributed by atoms with Crippen LogP contribution >= 0.6 is 0 Å². The van der Waals surface area contributed by atoms with Crippen molar-refractivity contribution < 1.29 is 13.2 Å². The monoisotopic (exact) mass is 295 g/mol. The van der Waals surface area contributed by atoms with Crippen molar-refractivity contribution in [2.24, 2.45) is 0 Å². The molecule has 112 valence electrons. The van der Waals surface area contributed by atoms with Crippen molar-refractivity contribution in [1.82, 2.24) is 15.5 Å². The van der Waals surface area contributed by atoms with E-state index in [0.717, 1.165) is 43.3 Å². The first-order valence-electron chi connectivity index (χ1n) is 6.97. The minimum absolute atomic E-state index is 0.269. The molecule has 1 aromatic heterocycles. The largest absolute Gasteiger partial charge is 0.416 e. The van der Waals surface area contributed by atoms with E-state index < -0.39 is 11.7 Å². The van der Waals surface area contributed by atoms with E-state index in [1.54, 1.807) is 12.3 Å². The van der Waals surface area contributed by atoms with Gasteiger partial charge in [0.25, 0.3) is 0 Å². The van der Waals surface area contributed by atoms with Gasteiger partial charge in [-0.2, -0.15) is 18.3 Å². The van der Waals surface area contributed by atoms with Crippen LogP contribution in [0.15, 0.2) is 30.5 Å². The molecule has 3 nitrogen and oxygen atoms in total. The van der Waals surface area contributed by atoms with Crippen molar-refractivity contribution >= 4 is 0 Å². The quantitative estimate of drug-likeness (QED) is 0.889. The van der Waals surface area contributed by atoms with Gasteiger partial charge in [0.15, 0.2) is 0 Å². The summed E-state index contributed by atoms with van der Waals surface area (Å²) in [5.74, 6) is 0.269. The van der Waals surface area contributed by atoms with Crippen LogP contribution in [-0.2, 0) is 6.18 Å². The molecule has 1 atom stereocenters. The van der Waals surface area contributed by atoms with Crippen molar-refractivity contribution in [3.63, 3.8) is 0 Å². The van der Waals surface area contributed by atoms with Crippen LogP contribution < -0.4 is 5.32 Å². The zero-order valence-corrected chi connectivity index (χ0v) is 11.4. The number of aromatic amines is 1. The van der Waals surface area contributed by atoms with Gasteiger partial charge in [-0.25, -0.2) is 0 Å². The Labute approximate surface area is 120 Å². The summed E-state index contributed by atoms with van der Waals surface area (Å²) < 4.78 is 38.5. The Bertz CT molecular complexity index is 613. The molecule has 2 heterocycles. The topological polar surface area (TPSA) is 40.7 Å². The Morgan fingerprint density at radius 2 is 2.10 bits per heavy atom. The molecule has 2 N–H and O–H groups in total. The van der Waals surface area contributed by atoms with E-state index in [2.05, 4.69) is 15.5 Å². The third-order valence-corrected chi connectivity index (χ3v) is 3.87. The zero-order valence-electron chi connectivity index (χ0n) is 11.4. The minimum atomic E-state index is -4.33. The average molecular weight is 295 g/mol. The Hall–Kier alpha value is -1.82. The summed E-state index contributed by atoms with van der Waals surface area (Å²) >= 11 is 0. The van der Waals surface area contributed by atoms with Crippen LogP contribution in [0, 0.1) is 0 Å². The van der Waals surface area contributed by atoms with Crippen molar-refractivity contribution in [2.45, 2.75) is 24.9 Å². The second-order valence-electron chi connectivity index (χ2n) is 5.32. The lowest BCUT2D eigenvalue weighted by Crippen LogP contribution is -2.28. The maximum absolute atomic E-state index is 12.8. The fraction of sp³-hybridized carbons (Fsp3) is 0.400. The SMILES string of the molecule is FC(F)(F)c1cccc(-c2cn[nH]c2[C@@H]2CCCNC2)c1. The Kier molecular flexibility index (Phi) is 3.71. The molecule has 1 fully saturated rings. The average Bonchev–Trinajstić information content (AvgIpc) is 2.97. The van der Waals surface area contributed by atoms with Gasteiger partial charge in [-0.3, -0.25) is 5.10 Å². The van der Waals surface area contributed by atoms with Gasteiger partial charge in [-0.05, 0) is 37.1 Å². The fourth-order valence-corrected chi connectivity index (χ4v) is 2.80. The number of rotatable bonds is 2. The standard InChI is InChI=1S/C15H16F3N3/c16-15(17,18)12-5-1-3-10(7-12)13-9-20-21-14(13)11-4-2-6-19-8-11/h1,3,5,7,9,11,19H,2,4,6,8H2,(H,20,21)/t11-/m1/s1. The first-order valence-corrected chi connectivity index (χ1v) is 6.97. The second-order valence-corrected chi connectivity index (χ2v) is 5.32. The lowest BCUT2D eigenvalue weighted by Gasteiger charge is -2.22. The summed E-state index contributed by atoms with van der Waals surface area (Å²) in [5, 5.41) is 10.3. The van der Waals surface area contributed by atoms with Gasteiger partial charge in [0.2, 0.25) is 0 Å². The summed E-state index contributed by atoms with van der Waals surface area (Å²) in [6, 6.07) is 5.41. The van der Waals surface area contributed by atoms with E-state index in [1.165, 1.54) is 12.1 Å². The Balaban J connectivity index is 1.96. The normalized spacial score (nSPS) is 19.7. The van der Waals surface area contributed by atoms with Gasteiger partial charge in [-0.15, -0.1) is 0 Å². The fourth-order valence-electron chi connectivity index (χ4n) is 2.80. The number of halogens is 3. The second kappa shape index (κ2) is 5.52. The molecule has 3 rings (SSSR count). The Morgan fingerprint density at radius 1 is 1.24 bits per heavy atom. The molecule has 0 saturated carbocycles. The third-order valence-electron chi connectivity index (χ3n) is 3.87. The number of hydrogen-bond donors (Lipinski definition) is 2. The van der Waals surface area contributed by atoms with Gasteiger partial charge in [0.05, 0.1) is 11.8 Å². The number of hydrogen-bond acceptors (Lipinski definition) is 2. The van der Waals surface area contributed by atoms with Crippen LogP contribution in [0.25, 0.3) is 11.1 Å². The van der Waals surface area contributed by atoms with Crippen LogP contribution in [0.2, 0.25) is 0 Å². The summed E-state index contributed by atoms with van der Waals surface area (Å²) in [5.41, 5.74) is 1.60. The third kappa shape index (κ3) is 2.95. The molecule has 1 aromatic carbocycles. The zero-order chi connectivity index (χ0) is 14.9. The van der Waals surface area contributed by atoms with Gasteiger partial charge in [0.1, 0.15) is 0 Å². The first kappa shape index (κ1) is 14.1. The predicted octanol–water partition coefficient (Wildman–Crippen LogP) is 3.56. The molecule has 6 heteroatoms. The number of nitrogens with zero attached hydrogens (tertiary/aromatic N) is 1. The van der Waals surface area contributed by atoms with Gasteiger partial charge < -0.3 is 5.32 Å². The van der Waals surface area contributed by atoms with Crippen LogP contribution in [0.4, 0.5) is 13.2 Å². The number of piperidine rings is 1. The maximum atomic E-state index is 12.8.